The Morgan fingerprint density at radius 2 is 1.84 bits per heavy atom. The lowest BCUT2D eigenvalue weighted by Gasteiger charge is -2.31. The fraction of sp³-hybridized carbons (Fsp3) is 0.559. The summed E-state index contributed by atoms with van der Waals surface area (Å²) in [5.74, 6) is 0.590. The van der Waals surface area contributed by atoms with Crippen molar-refractivity contribution in [3.63, 3.8) is 0 Å². The van der Waals surface area contributed by atoms with Gasteiger partial charge in [0.25, 0.3) is 11.8 Å². The zero-order valence-electron chi connectivity index (χ0n) is 27.2. The van der Waals surface area contributed by atoms with Crippen molar-refractivity contribution in [2.24, 2.45) is 5.92 Å². The summed E-state index contributed by atoms with van der Waals surface area (Å²) in [7, 11) is 4.18. The number of pyridine rings is 1. The number of thioether (sulfide) groups is 1. The van der Waals surface area contributed by atoms with Crippen LogP contribution in [0.15, 0.2) is 58.9 Å². The van der Waals surface area contributed by atoms with Gasteiger partial charge in [-0.2, -0.15) is 0 Å². The maximum absolute atomic E-state index is 13.6. The molecule has 2 N–H and O–H groups in total. The minimum absolute atomic E-state index is 0.239. The predicted octanol–water partition coefficient (Wildman–Crippen LogP) is 5.34. The first-order valence-corrected chi connectivity index (χ1v) is 16.8. The van der Waals surface area contributed by atoms with E-state index < -0.39 is 0 Å². The third-order valence-electron chi connectivity index (χ3n) is 7.52. The third-order valence-corrected chi connectivity index (χ3v) is 8.65. The molecule has 0 unspecified atom stereocenters. The van der Waals surface area contributed by atoms with Gasteiger partial charge in [-0.15, -0.1) is 0 Å². The second-order valence-electron chi connectivity index (χ2n) is 11.5. The van der Waals surface area contributed by atoms with Gasteiger partial charge >= 0.3 is 0 Å². The molecule has 1 aromatic rings. The van der Waals surface area contributed by atoms with Crippen molar-refractivity contribution in [3.8, 4) is 5.88 Å². The highest BCUT2D eigenvalue weighted by Crippen LogP contribution is 2.31. The fourth-order valence-corrected chi connectivity index (χ4v) is 5.81. The number of hydrogen-bond acceptors (Lipinski definition) is 8. The molecule has 1 fully saturated rings. The number of hydrogen-bond donors (Lipinski definition) is 2. The number of allylic oxidation sites excluding steroid dienone is 2. The van der Waals surface area contributed by atoms with Crippen LogP contribution in [-0.2, 0) is 14.3 Å². The molecule has 0 atom stereocenters. The molecule has 2 aliphatic rings. The van der Waals surface area contributed by atoms with Gasteiger partial charge in [-0.25, -0.2) is 4.98 Å². The van der Waals surface area contributed by atoms with Crippen LogP contribution in [-0.4, -0.2) is 86.7 Å². The van der Waals surface area contributed by atoms with E-state index in [1.807, 2.05) is 36.9 Å². The molecule has 3 heterocycles. The first-order valence-electron chi connectivity index (χ1n) is 15.9. The second-order valence-corrected chi connectivity index (χ2v) is 12.4. The summed E-state index contributed by atoms with van der Waals surface area (Å²) in [4.78, 5) is 36.9. The average Bonchev–Trinajstić information content (AvgIpc) is 3.01. The number of nitrogens with one attached hydrogen (secondary N) is 2. The van der Waals surface area contributed by atoms with Crippen LogP contribution in [0.25, 0.3) is 4.91 Å². The first-order chi connectivity index (χ1) is 21.3. The average molecular weight is 626 g/mol. The van der Waals surface area contributed by atoms with Gasteiger partial charge in [0.1, 0.15) is 6.61 Å². The van der Waals surface area contributed by atoms with E-state index in [0.29, 0.717) is 61.4 Å². The Kier molecular flexibility index (Phi) is 15.6. The van der Waals surface area contributed by atoms with Gasteiger partial charge in [-0.3, -0.25) is 9.59 Å². The number of ether oxygens (including phenoxy) is 2. The van der Waals surface area contributed by atoms with Crippen molar-refractivity contribution >= 4 is 28.5 Å². The quantitative estimate of drug-likeness (QED) is 0.392. The number of carbonyl (C=O) groups is 2. The lowest BCUT2D eigenvalue weighted by Crippen LogP contribution is -2.36. The van der Waals surface area contributed by atoms with Gasteiger partial charge in [0, 0.05) is 49.1 Å². The molecule has 10 heteroatoms. The highest BCUT2D eigenvalue weighted by Gasteiger charge is 2.21. The van der Waals surface area contributed by atoms with E-state index in [9.17, 15) is 9.59 Å². The molecular weight excluding hydrogens is 574 g/mol. The summed E-state index contributed by atoms with van der Waals surface area (Å²) >= 11 is 1.50. The molecule has 1 aromatic heterocycles. The predicted molar refractivity (Wildman–Crippen MR) is 180 cm³/mol. The van der Waals surface area contributed by atoms with Crippen LogP contribution in [0.3, 0.4) is 0 Å². The lowest BCUT2D eigenvalue weighted by molar-refractivity contribution is -0.117. The van der Waals surface area contributed by atoms with E-state index in [1.165, 1.54) is 11.8 Å². The summed E-state index contributed by atoms with van der Waals surface area (Å²) < 4.78 is 11.6. The largest absolute Gasteiger partial charge is 0.475 e. The van der Waals surface area contributed by atoms with E-state index in [4.69, 9.17) is 9.47 Å². The van der Waals surface area contributed by atoms with Crippen LogP contribution >= 0.6 is 11.8 Å². The molecule has 0 saturated carbocycles. The van der Waals surface area contributed by atoms with Gasteiger partial charge in [0.15, 0.2) is 0 Å². The van der Waals surface area contributed by atoms with E-state index in [-0.39, 0.29) is 11.8 Å². The van der Waals surface area contributed by atoms with Gasteiger partial charge in [0.2, 0.25) is 5.88 Å². The number of amides is 2. The molecular formula is C34H51N5O4S. The Morgan fingerprint density at radius 1 is 1.09 bits per heavy atom. The van der Waals surface area contributed by atoms with E-state index in [0.717, 1.165) is 62.2 Å². The van der Waals surface area contributed by atoms with Gasteiger partial charge in [0.05, 0.1) is 24.5 Å². The molecule has 1 saturated heterocycles. The molecule has 2 amide bonds. The van der Waals surface area contributed by atoms with Crippen LogP contribution in [0.5, 0.6) is 5.88 Å². The van der Waals surface area contributed by atoms with Crippen LogP contribution in [0.2, 0.25) is 0 Å². The monoisotopic (exact) mass is 625 g/mol. The van der Waals surface area contributed by atoms with Gasteiger partial charge in [-0.1, -0.05) is 50.6 Å². The summed E-state index contributed by atoms with van der Waals surface area (Å²) in [6.07, 6.45) is 13.5. The normalized spacial score (nSPS) is 22.8. The lowest BCUT2D eigenvalue weighted by atomic mass is 9.97. The number of nitrogens with zero attached hydrogens (tertiary/aromatic N) is 3. The first kappa shape index (κ1) is 35.4. The molecule has 9 nitrogen and oxygen atoms in total. The van der Waals surface area contributed by atoms with Gasteiger partial charge < -0.3 is 29.9 Å². The van der Waals surface area contributed by atoms with Crippen molar-refractivity contribution in [1.29, 1.82) is 0 Å². The van der Waals surface area contributed by atoms with E-state index in [2.05, 4.69) is 52.4 Å². The topological polar surface area (TPSA) is 96.0 Å². The highest BCUT2D eigenvalue weighted by atomic mass is 32.2. The van der Waals surface area contributed by atoms with E-state index in [1.54, 1.807) is 13.1 Å². The smallest absolute Gasteiger partial charge is 0.253 e. The Labute approximate surface area is 268 Å². The number of carbonyl (C=O) groups excluding carboxylic acids is 2. The van der Waals surface area contributed by atoms with Crippen molar-refractivity contribution in [3.05, 3.63) is 64.5 Å². The van der Waals surface area contributed by atoms with Crippen molar-refractivity contribution in [2.75, 3.05) is 60.1 Å². The third kappa shape index (κ3) is 12.1. The number of unbranched alkanes of at least 4 members (excludes halogenated alkanes) is 2. The molecule has 0 radical (unpaired) electrons. The molecule has 0 aliphatic carbocycles. The van der Waals surface area contributed by atoms with E-state index >= 15 is 0 Å². The van der Waals surface area contributed by atoms with Crippen molar-refractivity contribution in [2.45, 2.75) is 59.3 Å². The summed E-state index contributed by atoms with van der Waals surface area (Å²) in [5, 5.41) is 7.93. The fourth-order valence-electron chi connectivity index (χ4n) is 4.92. The summed E-state index contributed by atoms with van der Waals surface area (Å²) in [5.41, 5.74) is 2.49. The van der Waals surface area contributed by atoms with Crippen LogP contribution in [0, 0.1) is 5.92 Å². The highest BCUT2D eigenvalue weighted by molar-refractivity contribution is 8.11. The summed E-state index contributed by atoms with van der Waals surface area (Å²) in [6, 6.07) is 3.87. The second kappa shape index (κ2) is 19.3. The van der Waals surface area contributed by atoms with Crippen molar-refractivity contribution in [1.82, 2.24) is 25.4 Å². The zero-order valence-corrected chi connectivity index (χ0v) is 28.0. The number of likely N-dealkylation sites (tertiary alicyclic amines) is 1. The minimum atomic E-state index is -0.249. The summed E-state index contributed by atoms with van der Waals surface area (Å²) in [6.45, 7) is 10.4. The molecule has 2 bridgehead atoms. The minimum Gasteiger partial charge on any atom is -0.475 e. The number of fused-ring (bicyclic) bond motifs is 2. The standard InChI is InChI=1S/C34H51N5O4S/c1-6-8-10-29-30(24-39(5)23-27-13-17-38(4)18-14-27)37-33(40)26(3)25-44-31(11-9-7-2)28-12-15-35-32(22-28)43-21-20-42-19-16-36-34(29)41/h10-12,15,22,24-25,27H,6-9,13-14,16-21,23H2,1-5H3,(H,36,41)(H,37,40)/b26-25+,29-10-,30-24+,31-11+. The molecule has 44 heavy (non-hydrogen) atoms. The Hall–Kier alpha value is -3.08. The number of piperidine rings is 1. The Morgan fingerprint density at radius 3 is 2.59 bits per heavy atom. The molecule has 0 aromatic carbocycles. The van der Waals surface area contributed by atoms with Crippen LogP contribution in [0.1, 0.15) is 64.9 Å². The maximum Gasteiger partial charge on any atom is 0.253 e. The van der Waals surface area contributed by atoms with Crippen LogP contribution < -0.4 is 15.4 Å². The van der Waals surface area contributed by atoms with Crippen LogP contribution in [0.4, 0.5) is 0 Å². The maximum atomic E-state index is 13.6. The molecule has 3 rings (SSSR count). The molecule has 2 aliphatic heterocycles. The zero-order chi connectivity index (χ0) is 31.7. The number of rotatable bonds is 7. The van der Waals surface area contributed by atoms with Crippen molar-refractivity contribution < 1.29 is 19.1 Å². The number of aromatic nitrogens is 1. The molecule has 0 spiro atoms. The Bertz CT molecular complexity index is 1200. The van der Waals surface area contributed by atoms with Gasteiger partial charge in [-0.05, 0) is 75.7 Å². The molecule has 242 valence electrons. The SMILES string of the molecule is CCC/C=C1\C(=O)NCCOCCOc2cc(ccn2)/C(=C\CCC)S/C=C(\C)C(=O)N\C1=C\N(C)CC1CCN(C)CC1. The Balaban J connectivity index is 1.93.